The fourth-order valence-corrected chi connectivity index (χ4v) is 5.02. The van der Waals surface area contributed by atoms with E-state index in [1.54, 1.807) is 35.9 Å². The number of hydrogen-bond acceptors (Lipinski definition) is 6. The second-order valence-electron chi connectivity index (χ2n) is 7.41. The van der Waals surface area contributed by atoms with Crippen molar-refractivity contribution in [3.8, 4) is 0 Å². The first-order valence-corrected chi connectivity index (χ1v) is 11.4. The van der Waals surface area contributed by atoms with E-state index in [4.69, 9.17) is 9.47 Å². The van der Waals surface area contributed by atoms with Crippen LogP contribution in [0.2, 0.25) is 0 Å². The lowest BCUT2D eigenvalue weighted by molar-refractivity contribution is -0.164. The van der Waals surface area contributed by atoms with Crippen LogP contribution in [0.25, 0.3) is 10.1 Å². The summed E-state index contributed by atoms with van der Waals surface area (Å²) in [6.07, 6.45) is 5.94. The van der Waals surface area contributed by atoms with Gasteiger partial charge in [-0.1, -0.05) is 18.2 Å². The SMILES string of the molecule is CCO[C@H]1OC(C(=O)Nc2cccnc2)=C[C@@H](c2csc3ccccc23)[C@@H]1CCCO. The Morgan fingerprint density at radius 1 is 1.29 bits per heavy atom. The monoisotopic (exact) mass is 438 g/mol. The molecule has 4 rings (SSSR count). The Hall–Kier alpha value is -2.74. The maximum atomic E-state index is 13.0. The molecule has 0 unspecified atom stereocenters. The molecule has 1 amide bonds. The molecular weight excluding hydrogens is 412 g/mol. The van der Waals surface area contributed by atoms with Gasteiger partial charge >= 0.3 is 0 Å². The second-order valence-corrected chi connectivity index (χ2v) is 8.32. The molecule has 31 heavy (non-hydrogen) atoms. The average Bonchev–Trinajstić information content (AvgIpc) is 3.22. The van der Waals surface area contributed by atoms with Gasteiger partial charge in [0, 0.05) is 35.9 Å². The van der Waals surface area contributed by atoms with Crippen LogP contribution in [-0.4, -0.2) is 35.5 Å². The highest BCUT2D eigenvalue weighted by molar-refractivity contribution is 7.17. The highest BCUT2D eigenvalue weighted by Crippen LogP contribution is 2.43. The molecule has 1 aromatic carbocycles. The number of carbonyl (C=O) groups is 1. The number of allylic oxidation sites excluding steroid dienone is 1. The van der Waals surface area contributed by atoms with Crippen LogP contribution in [0.1, 0.15) is 31.2 Å². The number of aliphatic hydroxyl groups excluding tert-OH is 1. The Balaban J connectivity index is 1.72. The zero-order valence-electron chi connectivity index (χ0n) is 17.4. The summed E-state index contributed by atoms with van der Waals surface area (Å²) in [6.45, 7) is 2.48. The number of nitrogens with one attached hydrogen (secondary N) is 1. The largest absolute Gasteiger partial charge is 0.459 e. The summed E-state index contributed by atoms with van der Waals surface area (Å²) in [5, 5.41) is 15.6. The Morgan fingerprint density at radius 2 is 2.16 bits per heavy atom. The van der Waals surface area contributed by atoms with Crippen molar-refractivity contribution < 1.29 is 19.4 Å². The van der Waals surface area contributed by atoms with Crippen LogP contribution in [0.15, 0.2) is 66.0 Å². The molecule has 3 heterocycles. The van der Waals surface area contributed by atoms with Crippen LogP contribution in [0, 0.1) is 5.92 Å². The molecule has 6 nitrogen and oxygen atoms in total. The fourth-order valence-electron chi connectivity index (χ4n) is 4.01. The maximum absolute atomic E-state index is 13.0. The average molecular weight is 439 g/mol. The lowest BCUT2D eigenvalue weighted by atomic mass is 9.80. The molecule has 3 atom stereocenters. The normalized spacial score (nSPS) is 20.8. The minimum atomic E-state index is -0.570. The third-order valence-corrected chi connectivity index (χ3v) is 6.41. The van der Waals surface area contributed by atoms with E-state index in [-0.39, 0.29) is 30.1 Å². The van der Waals surface area contributed by atoms with E-state index >= 15 is 0 Å². The molecule has 162 valence electrons. The van der Waals surface area contributed by atoms with E-state index in [1.807, 2.05) is 25.1 Å². The number of pyridine rings is 1. The molecule has 0 saturated carbocycles. The molecule has 0 saturated heterocycles. The van der Waals surface area contributed by atoms with E-state index in [1.165, 1.54) is 10.1 Å². The van der Waals surface area contributed by atoms with Crippen molar-refractivity contribution in [1.82, 2.24) is 4.98 Å². The van der Waals surface area contributed by atoms with Crippen molar-refractivity contribution in [3.05, 3.63) is 71.6 Å². The minimum Gasteiger partial charge on any atom is -0.459 e. The zero-order valence-corrected chi connectivity index (χ0v) is 18.2. The minimum absolute atomic E-state index is 0.0138. The van der Waals surface area contributed by atoms with Crippen molar-refractivity contribution in [1.29, 1.82) is 0 Å². The molecule has 2 aromatic heterocycles. The lowest BCUT2D eigenvalue weighted by Crippen LogP contribution is -2.37. The van der Waals surface area contributed by atoms with Crippen molar-refractivity contribution in [2.24, 2.45) is 5.92 Å². The van der Waals surface area contributed by atoms with Gasteiger partial charge < -0.3 is 19.9 Å². The van der Waals surface area contributed by atoms with E-state index in [2.05, 4.69) is 27.8 Å². The van der Waals surface area contributed by atoms with Gasteiger partial charge in [-0.15, -0.1) is 11.3 Å². The van der Waals surface area contributed by atoms with Crippen molar-refractivity contribution in [3.63, 3.8) is 0 Å². The summed E-state index contributed by atoms with van der Waals surface area (Å²) >= 11 is 1.69. The fraction of sp³-hybridized carbons (Fsp3) is 0.333. The van der Waals surface area contributed by atoms with Gasteiger partial charge in [0.15, 0.2) is 5.76 Å². The molecule has 1 aliphatic rings. The number of aliphatic hydroxyl groups is 1. The quantitative estimate of drug-likeness (QED) is 0.534. The van der Waals surface area contributed by atoms with Gasteiger partial charge in [0.2, 0.25) is 6.29 Å². The molecule has 1 aliphatic heterocycles. The Morgan fingerprint density at radius 3 is 2.94 bits per heavy atom. The van der Waals surface area contributed by atoms with Crippen molar-refractivity contribution in [2.75, 3.05) is 18.5 Å². The second kappa shape index (κ2) is 10.0. The predicted molar refractivity (Wildman–Crippen MR) is 122 cm³/mol. The summed E-state index contributed by atoms with van der Waals surface area (Å²) in [5.74, 6) is -0.173. The summed E-state index contributed by atoms with van der Waals surface area (Å²) in [4.78, 5) is 17.0. The summed E-state index contributed by atoms with van der Waals surface area (Å²) in [6, 6.07) is 11.8. The van der Waals surface area contributed by atoms with Crippen LogP contribution in [-0.2, 0) is 14.3 Å². The number of ether oxygens (including phenoxy) is 2. The standard InChI is InChI=1S/C24H26N2O4S/c1-2-29-24-18(9-6-12-27)19(20-15-31-22-10-4-3-8-17(20)22)13-21(30-24)23(28)26-16-7-5-11-25-14-16/h3-5,7-8,10-11,13-15,18-19,24,27H,2,6,9,12H2,1H3,(H,26,28)/t18-,19+,24-/m0/s1. The first-order valence-electron chi connectivity index (χ1n) is 10.5. The number of anilines is 1. The molecule has 0 fully saturated rings. The van der Waals surface area contributed by atoms with Gasteiger partial charge in [-0.05, 0) is 60.4 Å². The Labute approximate surface area is 185 Å². The van der Waals surface area contributed by atoms with Crippen LogP contribution in [0.4, 0.5) is 5.69 Å². The summed E-state index contributed by atoms with van der Waals surface area (Å²) in [7, 11) is 0. The number of thiophene rings is 1. The highest BCUT2D eigenvalue weighted by Gasteiger charge is 2.38. The molecule has 3 aromatic rings. The van der Waals surface area contributed by atoms with Crippen LogP contribution < -0.4 is 5.32 Å². The first-order chi connectivity index (χ1) is 15.2. The number of nitrogens with zero attached hydrogens (tertiary/aromatic N) is 1. The molecule has 2 N–H and O–H groups in total. The van der Waals surface area contributed by atoms with Crippen molar-refractivity contribution in [2.45, 2.75) is 32.0 Å². The number of rotatable bonds is 8. The highest BCUT2D eigenvalue weighted by atomic mass is 32.1. The van der Waals surface area contributed by atoms with E-state index in [0.29, 0.717) is 18.7 Å². The van der Waals surface area contributed by atoms with Gasteiger partial charge in [0.05, 0.1) is 11.9 Å². The number of hydrogen-bond donors (Lipinski definition) is 2. The first kappa shape index (κ1) is 21.5. The molecule has 0 spiro atoms. The number of carbonyl (C=O) groups excluding carboxylic acids is 1. The third kappa shape index (κ3) is 4.79. The number of fused-ring (bicyclic) bond motifs is 1. The zero-order chi connectivity index (χ0) is 21.6. The van der Waals surface area contributed by atoms with Crippen LogP contribution in [0.3, 0.4) is 0 Å². The van der Waals surface area contributed by atoms with Gasteiger partial charge in [0.1, 0.15) is 0 Å². The number of benzene rings is 1. The Bertz CT molecular complexity index is 1050. The number of aromatic nitrogens is 1. The smallest absolute Gasteiger partial charge is 0.290 e. The molecule has 0 radical (unpaired) electrons. The van der Waals surface area contributed by atoms with Gasteiger partial charge in [-0.2, -0.15) is 0 Å². The maximum Gasteiger partial charge on any atom is 0.290 e. The predicted octanol–water partition coefficient (Wildman–Crippen LogP) is 4.68. The van der Waals surface area contributed by atoms with Crippen LogP contribution >= 0.6 is 11.3 Å². The van der Waals surface area contributed by atoms with Gasteiger partial charge in [0.25, 0.3) is 5.91 Å². The van der Waals surface area contributed by atoms with E-state index in [9.17, 15) is 9.90 Å². The number of amides is 1. The summed E-state index contributed by atoms with van der Waals surface area (Å²) in [5.41, 5.74) is 1.76. The van der Waals surface area contributed by atoms with E-state index < -0.39 is 6.29 Å². The Kier molecular flexibility index (Phi) is 6.96. The molecule has 7 heteroatoms. The third-order valence-electron chi connectivity index (χ3n) is 5.42. The van der Waals surface area contributed by atoms with Gasteiger partial charge in [-0.3, -0.25) is 9.78 Å². The lowest BCUT2D eigenvalue weighted by Gasteiger charge is -2.36. The summed E-state index contributed by atoms with van der Waals surface area (Å²) < 4.78 is 13.2. The molecular formula is C24H26N2O4S. The van der Waals surface area contributed by atoms with E-state index in [0.717, 1.165) is 12.0 Å². The van der Waals surface area contributed by atoms with Gasteiger partial charge in [-0.25, -0.2) is 0 Å². The van der Waals surface area contributed by atoms with Crippen molar-refractivity contribution >= 4 is 33.0 Å². The molecule has 0 bridgehead atoms. The van der Waals surface area contributed by atoms with Crippen LogP contribution in [0.5, 0.6) is 0 Å². The topological polar surface area (TPSA) is 80.7 Å². The molecule has 0 aliphatic carbocycles.